The van der Waals surface area contributed by atoms with E-state index in [1.807, 2.05) is 24.3 Å². The highest BCUT2D eigenvalue weighted by atomic mass is 32.1. The fraction of sp³-hybridized carbons (Fsp3) is 0.176. The van der Waals surface area contributed by atoms with Gasteiger partial charge in [-0.3, -0.25) is 4.79 Å². The Hall–Kier alpha value is -2.40. The maximum Gasteiger partial charge on any atom is 0.251 e. The Morgan fingerprint density at radius 2 is 1.73 bits per heavy atom. The van der Waals surface area contributed by atoms with Crippen LogP contribution >= 0.6 is 12.2 Å². The predicted molar refractivity (Wildman–Crippen MR) is 95.5 cm³/mol. The molecule has 2 rings (SSSR count). The maximum atomic E-state index is 11.5. The van der Waals surface area contributed by atoms with Gasteiger partial charge in [-0.1, -0.05) is 19.1 Å². The van der Waals surface area contributed by atoms with Gasteiger partial charge in [-0.25, -0.2) is 0 Å². The molecule has 3 N–H and O–H groups in total. The van der Waals surface area contributed by atoms with Crippen LogP contribution in [0, 0.1) is 0 Å². The molecule has 0 fully saturated rings. The molecule has 2 aromatic carbocycles. The van der Waals surface area contributed by atoms with Crippen LogP contribution in [0.1, 0.15) is 22.8 Å². The molecule has 0 unspecified atom stereocenters. The van der Waals surface area contributed by atoms with Crippen molar-refractivity contribution < 1.29 is 4.79 Å². The van der Waals surface area contributed by atoms with Crippen molar-refractivity contribution >= 4 is 34.6 Å². The first-order chi connectivity index (χ1) is 10.6. The Kier molecular flexibility index (Phi) is 5.49. The Morgan fingerprint density at radius 1 is 1.05 bits per heavy atom. The number of nitrogens with one attached hydrogen (secondary N) is 3. The van der Waals surface area contributed by atoms with E-state index in [2.05, 4.69) is 35.0 Å². The number of amides is 1. The van der Waals surface area contributed by atoms with Gasteiger partial charge in [-0.05, 0) is 60.6 Å². The number of rotatable bonds is 4. The molecule has 0 bridgehead atoms. The summed E-state index contributed by atoms with van der Waals surface area (Å²) < 4.78 is 0. The molecule has 0 aliphatic rings. The largest absolute Gasteiger partial charge is 0.355 e. The third-order valence-electron chi connectivity index (χ3n) is 3.23. The summed E-state index contributed by atoms with van der Waals surface area (Å²) >= 11 is 5.30. The van der Waals surface area contributed by atoms with Crippen molar-refractivity contribution in [1.29, 1.82) is 0 Å². The van der Waals surface area contributed by atoms with Crippen molar-refractivity contribution in [2.24, 2.45) is 0 Å². The van der Waals surface area contributed by atoms with Crippen LogP contribution in [0.25, 0.3) is 0 Å². The number of hydrogen-bond acceptors (Lipinski definition) is 2. The van der Waals surface area contributed by atoms with E-state index in [0.29, 0.717) is 10.7 Å². The van der Waals surface area contributed by atoms with Gasteiger partial charge < -0.3 is 16.0 Å². The third-order valence-corrected chi connectivity index (χ3v) is 3.43. The lowest BCUT2D eigenvalue weighted by Gasteiger charge is -2.11. The van der Waals surface area contributed by atoms with Gasteiger partial charge >= 0.3 is 0 Å². The summed E-state index contributed by atoms with van der Waals surface area (Å²) in [6.45, 7) is 2.11. The van der Waals surface area contributed by atoms with Crippen molar-refractivity contribution in [3.8, 4) is 0 Å². The molecule has 22 heavy (non-hydrogen) atoms. The minimum Gasteiger partial charge on any atom is -0.355 e. The number of anilines is 2. The van der Waals surface area contributed by atoms with Crippen LogP contribution in [0.5, 0.6) is 0 Å². The van der Waals surface area contributed by atoms with Crippen molar-refractivity contribution in [2.75, 3.05) is 17.7 Å². The fourth-order valence-corrected chi connectivity index (χ4v) is 2.25. The number of aryl methyl sites for hydroxylation is 1. The SMILES string of the molecule is CCc1cccc(NC(=S)Nc2ccc(C(=O)NC)cc2)c1. The Balaban J connectivity index is 1.98. The fourth-order valence-electron chi connectivity index (χ4n) is 2.01. The summed E-state index contributed by atoms with van der Waals surface area (Å²) in [5.74, 6) is -0.108. The standard InChI is InChI=1S/C17H19N3OS/c1-3-12-5-4-6-15(11-12)20-17(22)19-14-9-7-13(8-10-14)16(21)18-2/h4-11H,3H2,1-2H3,(H,18,21)(H2,19,20,22). The van der Waals surface area contributed by atoms with Crippen LogP contribution in [-0.2, 0) is 6.42 Å². The minimum atomic E-state index is -0.108. The van der Waals surface area contributed by atoms with Gasteiger partial charge in [0.25, 0.3) is 5.91 Å². The topological polar surface area (TPSA) is 53.2 Å². The average Bonchev–Trinajstić information content (AvgIpc) is 2.55. The summed E-state index contributed by atoms with van der Waals surface area (Å²) in [4.78, 5) is 11.5. The van der Waals surface area contributed by atoms with Crippen LogP contribution in [0.15, 0.2) is 48.5 Å². The molecule has 0 radical (unpaired) electrons. The molecule has 1 amide bonds. The van der Waals surface area contributed by atoms with Crippen molar-refractivity contribution in [2.45, 2.75) is 13.3 Å². The minimum absolute atomic E-state index is 0.108. The Bertz CT molecular complexity index is 668. The monoisotopic (exact) mass is 313 g/mol. The van der Waals surface area contributed by atoms with E-state index >= 15 is 0 Å². The number of hydrogen-bond donors (Lipinski definition) is 3. The van der Waals surface area contributed by atoms with E-state index in [1.54, 1.807) is 19.2 Å². The second-order valence-electron chi connectivity index (χ2n) is 4.79. The van der Waals surface area contributed by atoms with Crippen LogP contribution in [0.2, 0.25) is 0 Å². The van der Waals surface area contributed by atoms with Crippen LogP contribution < -0.4 is 16.0 Å². The van der Waals surface area contributed by atoms with E-state index in [0.717, 1.165) is 17.8 Å². The molecule has 2 aromatic rings. The molecule has 0 saturated carbocycles. The zero-order chi connectivity index (χ0) is 15.9. The second kappa shape index (κ2) is 7.56. The smallest absolute Gasteiger partial charge is 0.251 e. The lowest BCUT2D eigenvalue weighted by Crippen LogP contribution is -2.20. The maximum absolute atomic E-state index is 11.5. The van der Waals surface area contributed by atoms with Gasteiger partial charge in [-0.2, -0.15) is 0 Å². The Morgan fingerprint density at radius 3 is 2.36 bits per heavy atom. The molecule has 0 aliphatic carbocycles. The lowest BCUT2D eigenvalue weighted by atomic mass is 10.1. The summed E-state index contributed by atoms with van der Waals surface area (Å²) in [5.41, 5.74) is 3.65. The molecular weight excluding hydrogens is 294 g/mol. The number of benzene rings is 2. The number of thiocarbonyl (C=S) groups is 1. The third kappa shape index (κ3) is 4.30. The van der Waals surface area contributed by atoms with Crippen molar-refractivity contribution in [3.63, 3.8) is 0 Å². The highest BCUT2D eigenvalue weighted by molar-refractivity contribution is 7.80. The molecule has 0 heterocycles. The van der Waals surface area contributed by atoms with Crippen molar-refractivity contribution in [3.05, 3.63) is 59.7 Å². The molecule has 0 saturated heterocycles. The highest BCUT2D eigenvalue weighted by Gasteiger charge is 2.03. The summed E-state index contributed by atoms with van der Waals surface area (Å²) in [7, 11) is 1.61. The molecular formula is C17H19N3OS. The summed E-state index contributed by atoms with van der Waals surface area (Å²) in [6, 6.07) is 15.3. The van der Waals surface area contributed by atoms with Gasteiger partial charge in [0.1, 0.15) is 0 Å². The first-order valence-corrected chi connectivity index (χ1v) is 7.52. The molecule has 5 heteroatoms. The molecule has 0 spiro atoms. The van der Waals surface area contributed by atoms with E-state index in [9.17, 15) is 4.79 Å². The Labute approximate surface area is 135 Å². The number of carbonyl (C=O) groups is 1. The van der Waals surface area contributed by atoms with Crippen LogP contribution in [0.4, 0.5) is 11.4 Å². The first kappa shape index (κ1) is 16.0. The van der Waals surface area contributed by atoms with Gasteiger partial charge in [0.05, 0.1) is 0 Å². The molecule has 4 nitrogen and oxygen atoms in total. The number of carbonyl (C=O) groups excluding carboxylic acids is 1. The van der Waals surface area contributed by atoms with Crippen molar-refractivity contribution in [1.82, 2.24) is 5.32 Å². The van der Waals surface area contributed by atoms with E-state index < -0.39 is 0 Å². The second-order valence-corrected chi connectivity index (χ2v) is 5.20. The molecule has 0 aliphatic heterocycles. The van der Waals surface area contributed by atoms with Gasteiger partial charge in [0.15, 0.2) is 5.11 Å². The average molecular weight is 313 g/mol. The van der Waals surface area contributed by atoms with E-state index in [-0.39, 0.29) is 5.91 Å². The summed E-state index contributed by atoms with van der Waals surface area (Å²) in [5, 5.41) is 9.36. The normalized spacial score (nSPS) is 9.91. The van der Waals surface area contributed by atoms with Gasteiger partial charge in [0, 0.05) is 24.0 Å². The van der Waals surface area contributed by atoms with Gasteiger partial charge in [-0.15, -0.1) is 0 Å². The van der Waals surface area contributed by atoms with Gasteiger partial charge in [0.2, 0.25) is 0 Å². The lowest BCUT2D eigenvalue weighted by molar-refractivity contribution is 0.0963. The highest BCUT2D eigenvalue weighted by Crippen LogP contribution is 2.13. The van der Waals surface area contributed by atoms with Crippen LogP contribution in [-0.4, -0.2) is 18.1 Å². The zero-order valence-corrected chi connectivity index (χ0v) is 13.5. The molecule has 0 aromatic heterocycles. The first-order valence-electron chi connectivity index (χ1n) is 7.11. The molecule has 114 valence electrons. The van der Waals surface area contributed by atoms with Crippen LogP contribution in [0.3, 0.4) is 0 Å². The zero-order valence-electron chi connectivity index (χ0n) is 12.6. The van der Waals surface area contributed by atoms with E-state index in [4.69, 9.17) is 12.2 Å². The van der Waals surface area contributed by atoms with E-state index in [1.165, 1.54) is 5.56 Å². The quantitative estimate of drug-likeness (QED) is 0.757. The predicted octanol–water partition coefficient (Wildman–Crippen LogP) is 3.42. The summed E-state index contributed by atoms with van der Waals surface area (Å²) in [6.07, 6.45) is 0.983. The molecule has 0 atom stereocenters.